The highest BCUT2D eigenvalue weighted by Gasteiger charge is 2.52. The van der Waals surface area contributed by atoms with Crippen molar-refractivity contribution < 1.29 is 56.1 Å². The Bertz CT molecular complexity index is 2940. The molecule has 5 aromatic rings. The van der Waals surface area contributed by atoms with Crippen LogP contribution in [-0.4, -0.2) is 105 Å². The van der Waals surface area contributed by atoms with Crippen molar-refractivity contribution in [2.75, 3.05) is 42.8 Å². The number of unbranched alkanes of at least 4 members (excludes halogenated alkanes) is 1. The summed E-state index contributed by atoms with van der Waals surface area (Å²) in [5.41, 5.74) is -0.398. The van der Waals surface area contributed by atoms with E-state index in [-0.39, 0.29) is 49.3 Å². The summed E-state index contributed by atoms with van der Waals surface area (Å²) in [5.74, 6) is -3.19. The summed E-state index contributed by atoms with van der Waals surface area (Å²) in [6.07, 6.45) is -3.41. The number of benzene rings is 3. The SMILES string of the molecule is Cc1ncsc1-c1ccc(CNC(=O)[C@@H]2C[C@@H](O)CN2C(=O)[C@@H](NC(=O)c2ccc(OCCOCCCCOc3ccc(N4C(=S)N(c5ccc(C#N)c(C(F)(F)F)c5F)C(=O)C4(C)C)cn3)cc2)C(C)(C)C)cc1. The minimum Gasteiger partial charge on any atom is -0.491 e. The predicted octanol–water partition coefficient (Wildman–Crippen LogP) is 8.14. The normalized spacial score (nSPS) is 17.0. The van der Waals surface area contributed by atoms with Gasteiger partial charge in [-0.1, -0.05) is 45.0 Å². The summed E-state index contributed by atoms with van der Waals surface area (Å²) in [4.78, 5) is 67.7. The number of anilines is 2. The van der Waals surface area contributed by atoms with E-state index in [2.05, 4.69) is 20.6 Å². The van der Waals surface area contributed by atoms with Crippen molar-refractivity contribution >= 4 is 63.7 Å². The summed E-state index contributed by atoms with van der Waals surface area (Å²) in [6, 6.07) is 18.4. The maximum atomic E-state index is 15.4. The molecule has 4 amide bonds. The molecule has 0 bridgehead atoms. The minimum absolute atomic E-state index is 0.0501. The lowest BCUT2D eigenvalue weighted by Crippen LogP contribution is -2.57. The minimum atomic E-state index is -5.20. The van der Waals surface area contributed by atoms with Gasteiger partial charge in [0, 0.05) is 37.7 Å². The molecule has 3 N–H and O–H groups in total. The zero-order valence-electron chi connectivity index (χ0n) is 42.0. The molecule has 0 spiro atoms. The highest BCUT2D eigenvalue weighted by atomic mass is 32.1. The number of hydrogen-bond acceptors (Lipinski definition) is 13. The van der Waals surface area contributed by atoms with Crippen LogP contribution >= 0.6 is 23.6 Å². The first-order valence-electron chi connectivity index (χ1n) is 24.0. The molecule has 3 atom stereocenters. The van der Waals surface area contributed by atoms with Crippen LogP contribution in [0, 0.1) is 29.5 Å². The van der Waals surface area contributed by atoms with E-state index in [4.69, 9.17) is 31.7 Å². The molecule has 0 aliphatic carbocycles. The fraction of sp³-hybridized carbons (Fsp3) is 0.396. The molecule has 2 aromatic heterocycles. The van der Waals surface area contributed by atoms with Gasteiger partial charge < -0.3 is 39.8 Å². The number of ether oxygens (including phenoxy) is 3. The molecule has 396 valence electrons. The Morgan fingerprint density at radius 1 is 0.960 bits per heavy atom. The summed E-state index contributed by atoms with van der Waals surface area (Å²) in [7, 11) is 0. The highest BCUT2D eigenvalue weighted by molar-refractivity contribution is 7.81. The fourth-order valence-corrected chi connectivity index (χ4v) is 9.97. The summed E-state index contributed by atoms with van der Waals surface area (Å²) in [5, 5.41) is 25.3. The van der Waals surface area contributed by atoms with E-state index >= 15 is 4.39 Å². The standard InChI is InChI=1S/C53H56F4N8O8S2/c1-31-44(75-30-61-31)33-11-9-32(10-12-33)27-60-47(68)40-25-37(66)29-63(40)48(69)45(51(2,3)4)62-46(67)34-13-17-38(18-14-34)72-24-23-71-21-7-8-22-73-41-20-16-36(28-59-41)65-50(74)64(49(70)52(65,5)6)39-19-15-35(26-58)42(43(39)54)53(55,56)57/h9-20,28,30,37,40,45,66H,7-8,21-25,27,29H2,1-6H3,(H,60,68)(H,62,67)/t37-,40+,45-/m1/s1. The van der Waals surface area contributed by atoms with E-state index in [1.54, 1.807) is 47.2 Å². The lowest BCUT2D eigenvalue weighted by Gasteiger charge is -2.35. The third kappa shape index (κ3) is 12.7. The van der Waals surface area contributed by atoms with Crippen molar-refractivity contribution in [3.8, 4) is 28.1 Å². The van der Waals surface area contributed by atoms with Crippen LogP contribution in [0.5, 0.6) is 11.6 Å². The van der Waals surface area contributed by atoms with Crippen LogP contribution in [0.15, 0.2) is 84.5 Å². The third-order valence-electron chi connectivity index (χ3n) is 12.6. The van der Waals surface area contributed by atoms with E-state index in [1.807, 2.05) is 52.0 Å². The second-order valence-electron chi connectivity index (χ2n) is 19.5. The number of aliphatic hydroxyl groups excluding tert-OH is 1. The van der Waals surface area contributed by atoms with Crippen molar-refractivity contribution in [1.82, 2.24) is 25.5 Å². The van der Waals surface area contributed by atoms with Gasteiger partial charge in [0.05, 0.1) is 64.6 Å². The van der Waals surface area contributed by atoms with Crippen LogP contribution in [-0.2, 0) is 31.8 Å². The van der Waals surface area contributed by atoms with Gasteiger partial charge in [-0.15, -0.1) is 11.3 Å². The van der Waals surface area contributed by atoms with Crippen molar-refractivity contribution in [3.05, 3.63) is 118 Å². The summed E-state index contributed by atoms with van der Waals surface area (Å²) in [6.45, 7) is 11.8. The molecule has 0 saturated carbocycles. The fourth-order valence-electron chi connectivity index (χ4n) is 8.64. The van der Waals surface area contributed by atoms with Gasteiger partial charge in [0.2, 0.25) is 17.7 Å². The summed E-state index contributed by atoms with van der Waals surface area (Å²) >= 11 is 7.05. The van der Waals surface area contributed by atoms with E-state index in [1.165, 1.54) is 42.0 Å². The monoisotopic (exact) mass is 1070 g/mol. The number of aromatic nitrogens is 2. The van der Waals surface area contributed by atoms with Gasteiger partial charge in [-0.05, 0) is 105 Å². The third-order valence-corrected chi connectivity index (χ3v) is 14.0. The topological polar surface area (TPSA) is 200 Å². The molecule has 2 aliphatic rings. The van der Waals surface area contributed by atoms with Gasteiger partial charge in [-0.3, -0.25) is 24.1 Å². The van der Waals surface area contributed by atoms with Gasteiger partial charge in [-0.25, -0.2) is 14.4 Å². The van der Waals surface area contributed by atoms with E-state index in [9.17, 15) is 37.5 Å². The smallest absolute Gasteiger partial charge is 0.420 e. The van der Waals surface area contributed by atoms with E-state index in [0.717, 1.165) is 33.8 Å². The Balaban J connectivity index is 0.816. The van der Waals surface area contributed by atoms with Gasteiger partial charge in [0.1, 0.15) is 35.5 Å². The molecule has 2 saturated heterocycles. The second kappa shape index (κ2) is 23.2. The maximum absolute atomic E-state index is 15.4. The molecule has 75 heavy (non-hydrogen) atoms. The number of amides is 4. The molecule has 7 rings (SSSR count). The van der Waals surface area contributed by atoms with E-state index < -0.39 is 81.6 Å². The number of rotatable bonds is 19. The van der Waals surface area contributed by atoms with Crippen LogP contribution in [0.1, 0.15) is 86.6 Å². The summed E-state index contributed by atoms with van der Waals surface area (Å²) < 4.78 is 73.8. The number of pyridine rings is 1. The van der Waals surface area contributed by atoms with Gasteiger partial charge in [0.15, 0.2) is 10.9 Å². The molecule has 4 heterocycles. The van der Waals surface area contributed by atoms with Crippen molar-refractivity contribution in [2.24, 2.45) is 5.41 Å². The van der Waals surface area contributed by atoms with Crippen LogP contribution in [0.25, 0.3) is 10.4 Å². The lowest BCUT2D eigenvalue weighted by atomic mass is 9.85. The number of likely N-dealkylation sites (tertiary alicyclic amines) is 1. The number of nitrogens with zero attached hydrogens (tertiary/aromatic N) is 6. The number of aliphatic hydroxyl groups is 1. The number of halogens is 4. The van der Waals surface area contributed by atoms with E-state index in [0.29, 0.717) is 42.4 Å². The number of β-amino-alcohol motifs (C(OH)–C–C–N with tert-alkyl or cyclic N) is 1. The van der Waals surface area contributed by atoms with Gasteiger partial charge >= 0.3 is 6.18 Å². The molecule has 22 heteroatoms. The first kappa shape index (κ1) is 55.7. The molecular formula is C53H56F4N8O8S2. The van der Waals surface area contributed by atoms with Crippen molar-refractivity contribution in [3.63, 3.8) is 0 Å². The first-order chi connectivity index (χ1) is 35.5. The second-order valence-corrected chi connectivity index (χ2v) is 20.7. The largest absolute Gasteiger partial charge is 0.491 e. The zero-order chi connectivity index (χ0) is 54.4. The van der Waals surface area contributed by atoms with Crippen LogP contribution in [0.3, 0.4) is 0 Å². The number of carbonyl (C=O) groups is 4. The Hall–Kier alpha value is -7.06. The molecule has 0 radical (unpaired) electrons. The number of thiazole rings is 1. The Kier molecular flexibility index (Phi) is 17.2. The Morgan fingerprint density at radius 3 is 2.29 bits per heavy atom. The van der Waals surface area contributed by atoms with Crippen LogP contribution in [0.4, 0.5) is 28.9 Å². The molecule has 2 fully saturated rings. The highest BCUT2D eigenvalue weighted by Crippen LogP contribution is 2.42. The molecule has 16 nitrogen and oxygen atoms in total. The van der Waals surface area contributed by atoms with Gasteiger partial charge in [-0.2, -0.15) is 18.4 Å². The number of thiocarbonyl (C=S) groups is 1. The predicted molar refractivity (Wildman–Crippen MR) is 275 cm³/mol. The molecule has 2 aliphatic heterocycles. The number of nitriles is 1. The van der Waals surface area contributed by atoms with Crippen LogP contribution in [0.2, 0.25) is 0 Å². The molecule has 3 aromatic carbocycles. The zero-order valence-corrected chi connectivity index (χ0v) is 43.6. The number of nitrogens with one attached hydrogen (secondary N) is 2. The quantitative estimate of drug-likeness (QED) is 0.0407. The Morgan fingerprint density at radius 2 is 1.67 bits per heavy atom. The number of hydrogen-bond donors (Lipinski definition) is 3. The molecule has 0 unspecified atom stereocenters. The number of aryl methyl sites for hydroxylation is 1. The van der Waals surface area contributed by atoms with Crippen molar-refractivity contribution in [2.45, 2.75) is 97.3 Å². The number of carbonyl (C=O) groups excluding carboxylic acids is 4. The maximum Gasteiger partial charge on any atom is 0.420 e. The molecular weight excluding hydrogens is 1020 g/mol. The first-order valence-corrected chi connectivity index (χ1v) is 25.2. The number of alkyl halides is 3. The Labute approximate surface area is 440 Å². The lowest BCUT2D eigenvalue weighted by molar-refractivity contribution is -0.142. The average molecular weight is 1070 g/mol. The van der Waals surface area contributed by atoms with Crippen LogP contribution < -0.4 is 29.9 Å². The van der Waals surface area contributed by atoms with Crippen molar-refractivity contribution in [1.29, 1.82) is 5.26 Å². The van der Waals surface area contributed by atoms with Gasteiger partial charge in [0.25, 0.3) is 11.8 Å². The average Bonchev–Trinajstić information content (AvgIpc) is 4.04.